The molecule has 100 valence electrons. The number of anilines is 1. The Morgan fingerprint density at radius 1 is 1.53 bits per heavy atom. The molecule has 0 aliphatic carbocycles. The van der Waals surface area contributed by atoms with Crippen molar-refractivity contribution in [3.05, 3.63) is 24.0 Å². The van der Waals surface area contributed by atoms with Crippen molar-refractivity contribution in [2.45, 2.75) is 32.2 Å². The molecule has 0 saturated carbocycles. The predicted molar refractivity (Wildman–Crippen MR) is 72.9 cm³/mol. The topological polar surface area (TPSA) is 67.2 Å². The Kier molecular flexibility index (Phi) is 2.78. The summed E-state index contributed by atoms with van der Waals surface area (Å²) < 4.78 is 5.88. The second-order valence-corrected chi connectivity index (χ2v) is 5.23. The molecule has 2 N–H and O–H groups in total. The quantitative estimate of drug-likeness (QED) is 0.869. The summed E-state index contributed by atoms with van der Waals surface area (Å²) in [6.45, 7) is 4.63. The fourth-order valence-corrected chi connectivity index (χ4v) is 2.55. The summed E-state index contributed by atoms with van der Waals surface area (Å²) in [6, 6.07) is 5.55. The predicted octanol–water partition coefficient (Wildman–Crippen LogP) is 2.38. The maximum absolute atomic E-state index is 11.0. The molecule has 19 heavy (non-hydrogen) atoms. The van der Waals surface area contributed by atoms with E-state index in [2.05, 4.69) is 22.5 Å². The number of rotatable bonds is 2. The van der Waals surface area contributed by atoms with Crippen molar-refractivity contribution in [3.8, 4) is 0 Å². The fraction of sp³-hybridized carbons (Fsp3) is 0.429. The highest BCUT2D eigenvalue weighted by Gasteiger charge is 2.33. The van der Waals surface area contributed by atoms with E-state index in [1.54, 1.807) is 6.07 Å². The monoisotopic (exact) mass is 259 g/mol. The first-order valence-corrected chi connectivity index (χ1v) is 6.50. The number of hydrogen-bond donors (Lipinski definition) is 2. The average molecular weight is 259 g/mol. The fourth-order valence-electron chi connectivity index (χ4n) is 2.55. The van der Waals surface area contributed by atoms with Gasteiger partial charge in [0.05, 0.1) is 5.54 Å². The Hall–Kier alpha value is -1.88. The van der Waals surface area contributed by atoms with Gasteiger partial charge in [-0.15, -0.1) is 0 Å². The molecule has 0 radical (unpaired) electrons. The number of aromatic nitrogens is 1. The van der Waals surface area contributed by atoms with Gasteiger partial charge < -0.3 is 15.1 Å². The molecule has 2 aromatic heterocycles. The lowest BCUT2D eigenvalue weighted by Crippen LogP contribution is -2.32. The van der Waals surface area contributed by atoms with E-state index in [0.717, 1.165) is 36.2 Å². The molecule has 3 rings (SSSR count). The maximum Gasteiger partial charge on any atom is 0.222 e. The minimum atomic E-state index is -0.125. The zero-order valence-electron chi connectivity index (χ0n) is 11.1. The first kappa shape index (κ1) is 12.2. The van der Waals surface area contributed by atoms with Crippen molar-refractivity contribution in [1.82, 2.24) is 10.3 Å². The van der Waals surface area contributed by atoms with Crippen LogP contribution in [0.2, 0.25) is 0 Å². The molecule has 0 bridgehead atoms. The van der Waals surface area contributed by atoms with Crippen LogP contribution >= 0.6 is 0 Å². The van der Waals surface area contributed by atoms with E-state index >= 15 is 0 Å². The van der Waals surface area contributed by atoms with Crippen LogP contribution in [0.1, 0.15) is 32.4 Å². The average Bonchev–Trinajstić information content (AvgIpc) is 2.94. The molecule has 0 unspecified atom stereocenters. The molecule has 1 amide bonds. The second-order valence-electron chi connectivity index (χ2n) is 5.23. The normalized spacial score (nSPS) is 22.8. The number of nitrogens with one attached hydrogen (secondary N) is 2. The van der Waals surface area contributed by atoms with E-state index in [-0.39, 0.29) is 11.4 Å². The van der Waals surface area contributed by atoms with Crippen molar-refractivity contribution in [2.75, 3.05) is 11.9 Å². The number of nitrogens with zero attached hydrogens (tertiary/aromatic N) is 1. The zero-order chi connectivity index (χ0) is 13.5. The molecule has 0 spiro atoms. The molecule has 1 fully saturated rings. The number of fused-ring (bicyclic) bond motifs is 1. The van der Waals surface area contributed by atoms with Gasteiger partial charge in [-0.05, 0) is 38.4 Å². The van der Waals surface area contributed by atoms with Crippen molar-refractivity contribution < 1.29 is 9.21 Å². The van der Waals surface area contributed by atoms with Crippen molar-refractivity contribution in [1.29, 1.82) is 0 Å². The lowest BCUT2D eigenvalue weighted by Gasteiger charge is -2.20. The molecule has 5 heteroatoms. The van der Waals surface area contributed by atoms with Crippen LogP contribution in [-0.4, -0.2) is 17.4 Å². The summed E-state index contributed by atoms with van der Waals surface area (Å²) >= 11 is 0. The third-order valence-electron chi connectivity index (χ3n) is 3.59. The SMILES string of the molecule is CC(=O)Nc1ccc2oc([C@]3(C)CCCN3)cc2n1. The van der Waals surface area contributed by atoms with E-state index in [1.807, 2.05) is 12.1 Å². The van der Waals surface area contributed by atoms with Gasteiger partial charge in [0.15, 0.2) is 5.58 Å². The van der Waals surface area contributed by atoms with Crippen molar-refractivity contribution in [2.24, 2.45) is 0 Å². The van der Waals surface area contributed by atoms with E-state index in [9.17, 15) is 4.79 Å². The molecular weight excluding hydrogens is 242 g/mol. The molecule has 5 nitrogen and oxygen atoms in total. The molecule has 1 atom stereocenters. The van der Waals surface area contributed by atoms with Crippen LogP contribution in [-0.2, 0) is 10.3 Å². The van der Waals surface area contributed by atoms with Crippen LogP contribution in [0, 0.1) is 0 Å². The minimum Gasteiger partial charge on any atom is -0.457 e. The molecule has 1 saturated heterocycles. The first-order chi connectivity index (χ1) is 9.07. The smallest absolute Gasteiger partial charge is 0.222 e. The summed E-state index contributed by atoms with van der Waals surface area (Å²) in [5, 5.41) is 6.14. The van der Waals surface area contributed by atoms with E-state index in [1.165, 1.54) is 6.92 Å². The van der Waals surface area contributed by atoms with Gasteiger partial charge in [0.25, 0.3) is 0 Å². The largest absolute Gasteiger partial charge is 0.457 e. The summed E-state index contributed by atoms with van der Waals surface area (Å²) in [7, 11) is 0. The third kappa shape index (κ3) is 2.21. The lowest BCUT2D eigenvalue weighted by atomic mass is 9.97. The van der Waals surface area contributed by atoms with Crippen LogP contribution in [0.4, 0.5) is 5.82 Å². The van der Waals surface area contributed by atoms with Gasteiger partial charge in [0.2, 0.25) is 5.91 Å². The maximum atomic E-state index is 11.0. The standard InChI is InChI=1S/C14H17N3O2/c1-9(18)16-13-5-4-11-10(17-13)8-12(19-11)14(2)6-3-7-15-14/h4-5,8,15H,3,6-7H2,1-2H3,(H,16,17,18)/t14-/m0/s1. The Morgan fingerprint density at radius 2 is 2.37 bits per heavy atom. The molecule has 1 aliphatic rings. The highest BCUT2D eigenvalue weighted by Crippen LogP contribution is 2.33. The second kappa shape index (κ2) is 4.35. The highest BCUT2D eigenvalue weighted by molar-refractivity contribution is 5.89. The molecule has 2 aromatic rings. The molecule has 1 aliphatic heterocycles. The summed E-state index contributed by atoms with van der Waals surface area (Å²) in [4.78, 5) is 15.4. The van der Waals surface area contributed by atoms with Crippen LogP contribution in [0.15, 0.2) is 22.6 Å². The van der Waals surface area contributed by atoms with Crippen LogP contribution in [0.3, 0.4) is 0 Å². The van der Waals surface area contributed by atoms with Crippen molar-refractivity contribution in [3.63, 3.8) is 0 Å². The molecule has 3 heterocycles. The van der Waals surface area contributed by atoms with Gasteiger partial charge in [0, 0.05) is 13.0 Å². The molecular formula is C14H17N3O2. The zero-order valence-corrected chi connectivity index (χ0v) is 11.1. The summed E-state index contributed by atoms with van der Waals surface area (Å²) in [5.41, 5.74) is 1.42. The number of pyridine rings is 1. The Labute approximate surface area is 111 Å². The van der Waals surface area contributed by atoms with Gasteiger partial charge in [-0.2, -0.15) is 0 Å². The van der Waals surface area contributed by atoms with Gasteiger partial charge in [-0.25, -0.2) is 4.98 Å². The number of amides is 1. The lowest BCUT2D eigenvalue weighted by molar-refractivity contribution is -0.114. The molecule has 0 aromatic carbocycles. The number of furan rings is 1. The van der Waals surface area contributed by atoms with Gasteiger partial charge in [-0.1, -0.05) is 0 Å². The summed E-state index contributed by atoms with van der Waals surface area (Å²) in [5.74, 6) is 1.34. The third-order valence-corrected chi connectivity index (χ3v) is 3.59. The van der Waals surface area contributed by atoms with Gasteiger partial charge in [-0.3, -0.25) is 4.79 Å². The number of carbonyl (C=O) groups is 1. The van der Waals surface area contributed by atoms with Gasteiger partial charge >= 0.3 is 0 Å². The van der Waals surface area contributed by atoms with Crippen molar-refractivity contribution >= 4 is 22.8 Å². The Balaban J connectivity index is 1.98. The number of hydrogen-bond acceptors (Lipinski definition) is 4. The number of carbonyl (C=O) groups excluding carboxylic acids is 1. The Bertz CT molecular complexity index is 627. The van der Waals surface area contributed by atoms with Crippen LogP contribution in [0.25, 0.3) is 11.1 Å². The van der Waals surface area contributed by atoms with E-state index < -0.39 is 0 Å². The van der Waals surface area contributed by atoms with Crippen LogP contribution in [0.5, 0.6) is 0 Å². The van der Waals surface area contributed by atoms with Crippen LogP contribution < -0.4 is 10.6 Å². The summed E-state index contributed by atoms with van der Waals surface area (Å²) in [6.07, 6.45) is 2.21. The highest BCUT2D eigenvalue weighted by atomic mass is 16.3. The van der Waals surface area contributed by atoms with E-state index in [4.69, 9.17) is 4.42 Å². The Morgan fingerprint density at radius 3 is 3.05 bits per heavy atom. The van der Waals surface area contributed by atoms with E-state index in [0.29, 0.717) is 5.82 Å². The van der Waals surface area contributed by atoms with Gasteiger partial charge in [0.1, 0.15) is 17.1 Å². The minimum absolute atomic E-state index is 0.102. The first-order valence-electron chi connectivity index (χ1n) is 6.50.